The molecule has 3 N–H and O–H groups in total. The number of hydrogen-bond donors (Lipinski definition) is 3. The predicted octanol–water partition coefficient (Wildman–Crippen LogP) is 3.13. The topological polar surface area (TPSA) is 105 Å². The fourth-order valence-corrected chi connectivity index (χ4v) is 2.51. The molecule has 0 radical (unpaired) electrons. The van der Waals surface area contributed by atoms with Gasteiger partial charge in [0.15, 0.2) is 0 Å². The monoisotopic (exact) mass is 404 g/mol. The van der Waals surface area contributed by atoms with Crippen LogP contribution in [0.15, 0.2) is 29.5 Å². The summed E-state index contributed by atoms with van der Waals surface area (Å²) in [6, 6.07) is 7.14. The number of ether oxygens (including phenoxy) is 3. The van der Waals surface area contributed by atoms with E-state index in [2.05, 4.69) is 23.1 Å². The van der Waals surface area contributed by atoms with Gasteiger partial charge in [-0.25, -0.2) is 0 Å². The molecule has 8 nitrogen and oxygen atoms in total. The molecule has 1 aromatic rings. The number of unbranched alkanes of at least 4 members (excludes halogenated alkanes) is 1. The number of carbonyl (C=O) groups excluding carboxylic acids is 1. The van der Waals surface area contributed by atoms with Gasteiger partial charge in [0.05, 0.1) is 19.9 Å². The summed E-state index contributed by atoms with van der Waals surface area (Å²) in [4.78, 5) is 12.5. The lowest BCUT2D eigenvalue weighted by Gasteiger charge is -2.15. The second-order valence-electron chi connectivity index (χ2n) is 6.21. The number of hydrazine groups is 1. The van der Waals surface area contributed by atoms with Crippen molar-refractivity contribution in [3.8, 4) is 17.6 Å². The highest BCUT2D eigenvalue weighted by molar-refractivity contribution is 5.98. The number of carbonyl (C=O) groups is 1. The largest absolute Gasteiger partial charge is 0.497 e. The Kier molecular flexibility index (Phi) is 11.8. The van der Waals surface area contributed by atoms with Gasteiger partial charge in [-0.15, -0.1) is 0 Å². The molecule has 160 valence electrons. The first-order valence-electron chi connectivity index (χ1n) is 9.84. The first-order valence-corrected chi connectivity index (χ1v) is 9.84. The summed E-state index contributed by atoms with van der Waals surface area (Å²) in [5.74, 6) is 0.613. The molecule has 8 heteroatoms. The third kappa shape index (κ3) is 8.32. The van der Waals surface area contributed by atoms with Crippen LogP contribution in [0.2, 0.25) is 0 Å². The molecule has 0 aliphatic heterocycles. The summed E-state index contributed by atoms with van der Waals surface area (Å²) in [6.07, 6.45) is 3.50. The van der Waals surface area contributed by atoms with Crippen molar-refractivity contribution in [2.24, 2.45) is 0 Å². The standard InChI is InChI=1S/C21H32N4O4/c1-5-7-12-29-13-8-11-23-18(6-2)17(15-22)21(26)25-24-19-14-16(27-3)9-10-20(19)28-4/h9-10,14,23-24H,5-8,11-13H2,1-4H3,(H,25,26). The van der Waals surface area contributed by atoms with Gasteiger partial charge in [0.25, 0.3) is 5.91 Å². The fourth-order valence-electron chi connectivity index (χ4n) is 2.51. The van der Waals surface area contributed by atoms with Crippen molar-refractivity contribution in [3.63, 3.8) is 0 Å². The van der Waals surface area contributed by atoms with E-state index in [-0.39, 0.29) is 5.57 Å². The minimum atomic E-state index is -0.527. The normalized spacial score (nSPS) is 11.1. The first kappa shape index (κ1) is 24.1. The van der Waals surface area contributed by atoms with Crippen LogP contribution in [0, 0.1) is 11.3 Å². The van der Waals surface area contributed by atoms with Gasteiger partial charge in [-0.05, 0) is 31.4 Å². The number of benzene rings is 1. The first-order chi connectivity index (χ1) is 14.1. The van der Waals surface area contributed by atoms with Crippen LogP contribution in [0.1, 0.15) is 39.5 Å². The zero-order chi connectivity index (χ0) is 21.5. The van der Waals surface area contributed by atoms with Gasteiger partial charge >= 0.3 is 0 Å². The molecule has 0 aliphatic rings. The second kappa shape index (κ2) is 14.1. The Labute approximate surface area is 173 Å². The maximum Gasteiger partial charge on any atom is 0.282 e. The second-order valence-corrected chi connectivity index (χ2v) is 6.21. The van der Waals surface area contributed by atoms with Gasteiger partial charge in [0.1, 0.15) is 23.1 Å². The van der Waals surface area contributed by atoms with Crippen LogP contribution in [0.3, 0.4) is 0 Å². The van der Waals surface area contributed by atoms with E-state index in [1.54, 1.807) is 25.3 Å². The number of nitriles is 1. The summed E-state index contributed by atoms with van der Waals surface area (Å²) < 4.78 is 16.0. The van der Waals surface area contributed by atoms with Crippen molar-refractivity contribution >= 4 is 11.6 Å². The molecule has 0 bridgehead atoms. The van der Waals surface area contributed by atoms with E-state index in [9.17, 15) is 10.1 Å². The van der Waals surface area contributed by atoms with E-state index in [0.29, 0.717) is 42.5 Å². The third-order valence-electron chi connectivity index (χ3n) is 4.16. The Bertz CT molecular complexity index is 713. The molecular weight excluding hydrogens is 372 g/mol. The van der Waals surface area contributed by atoms with Crippen LogP contribution in [-0.4, -0.2) is 39.9 Å². The summed E-state index contributed by atoms with van der Waals surface area (Å²) in [7, 11) is 3.08. The lowest BCUT2D eigenvalue weighted by atomic mass is 10.1. The van der Waals surface area contributed by atoms with E-state index in [1.165, 1.54) is 7.11 Å². The quantitative estimate of drug-likeness (QED) is 0.189. The van der Waals surface area contributed by atoms with Crippen LogP contribution >= 0.6 is 0 Å². The van der Waals surface area contributed by atoms with Crippen LogP contribution < -0.4 is 25.6 Å². The van der Waals surface area contributed by atoms with Gasteiger partial charge in [0, 0.05) is 31.5 Å². The molecular formula is C21H32N4O4. The van der Waals surface area contributed by atoms with Crippen molar-refractivity contribution in [1.29, 1.82) is 5.26 Å². The SMILES string of the molecule is CCCCOCCCNC(CC)=C(C#N)C(=O)NNc1cc(OC)ccc1OC. The molecule has 29 heavy (non-hydrogen) atoms. The number of anilines is 1. The van der Waals surface area contributed by atoms with Gasteiger partial charge in [-0.3, -0.25) is 15.6 Å². The van der Waals surface area contributed by atoms with Crippen LogP contribution in [-0.2, 0) is 9.53 Å². The highest BCUT2D eigenvalue weighted by Gasteiger charge is 2.15. The number of hydrogen-bond acceptors (Lipinski definition) is 7. The lowest BCUT2D eigenvalue weighted by molar-refractivity contribution is -0.116. The van der Waals surface area contributed by atoms with Crippen LogP contribution in [0.5, 0.6) is 11.5 Å². The molecule has 0 spiro atoms. The number of rotatable bonds is 14. The van der Waals surface area contributed by atoms with Crippen molar-refractivity contribution < 1.29 is 19.0 Å². The Hall–Kier alpha value is -2.92. The molecule has 1 amide bonds. The molecule has 0 aromatic heterocycles. The number of methoxy groups -OCH3 is 2. The molecule has 0 fully saturated rings. The van der Waals surface area contributed by atoms with Crippen LogP contribution in [0.25, 0.3) is 0 Å². The maximum atomic E-state index is 12.5. The number of nitrogens with zero attached hydrogens (tertiary/aromatic N) is 1. The summed E-state index contributed by atoms with van der Waals surface area (Å²) in [5.41, 5.74) is 6.49. The van der Waals surface area contributed by atoms with E-state index >= 15 is 0 Å². The Morgan fingerprint density at radius 3 is 2.52 bits per heavy atom. The average Bonchev–Trinajstić information content (AvgIpc) is 2.75. The summed E-state index contributed by atoms with van der Waals surface area (Å²) in [5, 5.41) is 12.6. The molecule has 1 rings (SSSR count). The Balaban J connectivity index is 2.67. The molecule has 0 unspecified atom stereocenters. The summed E-state index contributed by atoms with van der Waals surface area (Å²) >= 11 is 0. The average molecular weight is 405 g/mol. The maximum absolute atomic E-state index is 12.5. The van der Waals surface area contributed by atoms with E-state index < -0.39 is 5.91 Å². The van der Waals surface area contributed by atoms with Crippen molar-refractivity contribution in [1.82, 2.24) is 10.7 Å². The molecule has 0 heterocycles. The molecule has 0 atom stereocenters. The van der Waals surface area contributed by atoms with E-state index in [0.717, 1.165) is 25.9 Å². The highest BCUT2D eigenvalue weighted by atomic mass is 16.5. The van der Waals surface area contributed by atoms with Gasteiger partial charge in [-0.1, -0.05) is 20.3 Å². The number of amides is 1. The molecule has 0 saturated carbocycles. The van der Waals surface area contributed by atoms with E-state index in [1.807, 2.05) is 13.0 Å². The third-order valence-corrected chi connectivity index (χ3v) is 4.16. The minimum Gasteiger partial charge on any atom is -0.497 e. The zero-order valence-corrected chi connectivity index (χ0v) is 17.8. The Morgan fingerprint density at radius 2 is 1.90 bits per heavy atom. The predicted molar refractivity (Wildman–Crippen MR) is 113 cm³/mol. The lowest BCUT2D eigenvalue weighted by Crippen LogP contribution is -2.32. The minimum absolute atomic E-state index is 0.0359. The molecule has 1 aromatic carbocycles. The zero-order valence-electron chi connectivity index (χ0n) is 17.8. The molecule has 0 saturated heterocycles. The van der Waals surface area contributed by atoms with Crippen molar-refractivity contribution in [2.75, 3.05) is 39.4 Å². The molecule has 0 aliphatic carbocycles. The van der Waals surface area contributed by atoms with Gasteiger partial charge in [0.2, 0.25) is 0 Å². The smallest absolute Gasteiger partial charge is 0.282 e. The van der Waals surface area contributed by atoms with Crippen molar-refractivity contribution in [3.05, 3.63) is 29.5 Å². The van der Waals surface area contributed by atoms with Crippen molar-refractivity contribution in [2.45, 2.75) is 39.5 Å². The number of nitrogens with one attached hydrogen (secondary N) is 3. The van der Waals surface area contributed by atoms with E-state index in [4.69, 9.17) is 14.2 Å². The van der Waals surface area contributed by atoms with Crippen LogP contribution in [0.4, 0.5) is 5.69 Å². The van der Waals surface area contributed by atoms with Gasteiger partial charge < -0.3 is 19.5 Å². The highest BCUT2D eigenvalue weighted by Crippen LogP contribution is 2.28. The fraction of sp³-hybridized carbons (Fsp3) is 0.524. The summed E-state index contributed by atoms with van der Waals surface area (Å²) in [6.45, 7) is 6.05. The Morgan fingerprint density at radius 1 is 1.14 bits per heavy atom. The number of allylic oxidation sites excluding steroid dienone is 1. The van der Waals surface area contributed by atoms with Gasteiger partial charge in [-0.2, -0.15) is 5.26 Å².